The van der Waals surface area contributed by atoms with E-state index in [-0.39, 0.29) is 36.3 Å². The molecule has 1 aliphatic heterocycles. The Morgan fingerprint density at radius 3 is 2.24 bits per heavy atom. The predicted octanol–water partition coefficient (Wildman–Crippen LogP) is 1.24. The predicted molar refractivity (Wildman–Crippen MR) is 106 cm³/mol. The summed E-state index contributed by atoms with van der Waals surface area (Å²) in [5.74, 6) is -0.845. The van der Waals surface area contributed by atoms with E-state index >= 15 is 0 Å². The Labute approximate surface area is 171 Å². The van der Waals surface area contributed by atoms with Gasteiger partial charge in [-0.1, -0.05) is 0 Å². The number of hydrogen-bond acceptors (Lipinski definition) is 7. The van der Waals surface area contributed by atoms with Crippen molar-refractivity contribution in [3.05, 3.63) is 17.5 Å². The molecule has 1 saturated heterocycles. The molecule has 1 aromatic rings. The van der Waals surface area contributed by atoms with Gasteiger partial charge in [-0.05, 0) is 52.0 Å². The summed E-state index contributed by atoms with van der Waals surface area (Å²) in [7, 11) is -3.58. The third-order valence-electron chi connectivity index (χ3n) is 5.22. The fourth-order valence-corrected chi connectivity index (χ4v) is 5.05. The second-order valence-electron chi connectivity index (χ2n) is 7.75. The van der Waals surface area contributed by atoms with Crippen LogP contribution in [-0.2, 0) is 19.6 Å². The van der Waals surface area contributed by atoms with Gasteiger partial charge in [0.25, 0.3) is 0 Å². The van der Waals surface area contributed by atoms with Crippen LogP contribution in [0.4, 0.5) is 0 Å². The van der Waals surface area contributed by atoms with E-state index in [0.717, 1.165) is 16.3 Å². The minimum atomic E-state index is -3.58. The van der Waals surface area contributed by atoms with Crippen molar-refractivity contribution in [1.29, 1.82) is 0 Å². The summed E-state index contributed by atoms with van der Waals surface area (Å²) in [5.41, 5.74) is 1.69. The Hall–Kier alpha value is -2.07. The maximum absolute atomic E-state index is 12.4. The van der Waals surface area contributed by atoms with Crippen LogP contribution in [0.5, 0.6) is 6.01 Å². The number of hydrogen-bond donors (Lipinski definition) is 1. The van der Waals surface area contributed by atoms with Crippen molar-refractivity contribution in [2.75, 3.05) is 12.3 Å². The van der Waals surface area contributed by atoms with Crippen molar-refractivity contribution >= 4 is 21.8 Å². The van der Waals surface area contributed by atoms with Crippen molar-refractivity contribution in [3.63, 3.8) is 0 Å². The summed E-state index contributed by atoms with van der Waals surface area (Å²) in [4.78, 5) is 33.2. The number of aromatic nitrogens is 2. The van der Waals surface area contributed by atoms with E-state index < -0.39 is 10.0 Å². The van der Waals surface area contributed by atoms with Gasteiger partial charge in [0, 0.05) is 36.8 Å². The number of carbonyl (C=O) groups is 2. The molecule has 2 aliphatic rings. The summed E-state index contributed by atoms with van der Waals surface area (Å²) in [6.07, 6.45) is 3.80. The first-order valence-electron chi connectivity index (χ1n) is 10.0. The number of piperidine rings is 1. The van der Waals surface area contributed by atoms with E-state index in [1.165, 1.54) is 0 Å². The number of nitrogens with zero attached hydrogens (tertiary/aromatic N) is 3. The van der Waals surface area contributed by atoms with Gasteiger partial charge in [-0.15, -0.1) is 0 Å². The molecular formula is C19H28N4O5S. The van der Waals surface area contributed by atoms with Crippen LogP contribution in [0, 0.1) is 13.8 Å². The zero-order valence-electron chi connectivity index (χ0n) is 16.9. The maximum Gasteiger partial charge on any atom is 0.317 e. The highest BCUT2D eigenvalue weighted by Crippen LogP contribution is 2.23. The molecule has 2 heterocycles. The Bertz CT molecular complexity index is 829. The lowest BCUT2D eigenvalue weighted by molar-refractivity contribution is -0.147. The average Bonchev–Trinajstić information content (AvgIpc) is 2.62. The molecule has 1 aliphatic carbocycles. The topological polar surface area (TPSA) is 119 Å². The van der Waals surface area contributed by atoms with Gasteiger partial charge in [0.15, 0.2) is 0 Å². The molecule has 0 aromatic carbocycles. The van der Waals surface area contributed by atoms with Crippen molar-refractivity contribution in [2.45, 2.75) is 70.9 Å². The first-order valence-corrected chi connectivity index (χ1v) is 11.7. The number of rotatable bonds is 7. The molecule has 0 spiro atoms. The molecule has 10 heteroatoms. The van der Waals surface area contributed by atoms with Crippen LogP contribution in [0.25, 0.3) is 0 Å². The monoisotopic (exact) mass is 424 g/mol. The second-order valence-corrected chi connectivity index (χ2v) is 9.63. The number of imide groups is 1. The Morgan fingerprint density at radius 2 is 1.66 bits per heavy atom. The van der Waals surface area contributed by atoms with Crippen molar-refractivity contribution in [1.82, 2.24) is 19.6 Å². The highest BCUT2D eigenvalue weighted by atomic mass is 32.2. The molecule has 1 aromatic heterocycles. The lowest BCUT2D eigenvalue weighted by atomic mass is 9.94. The first kappa shape index (κ1) is 21.6. The molecule has 0 atom stereocenters. The molecular weight excluding hydrogens is 396 g/mol. The normalized spacial score (nSPS) is 23.3. The quantitative estimate of drug-likeness (QED) is 0.654. The smallest absolute Gasteiger partial charge is 0.317 e. The van der Waals surface area contributed by atoms with Gasteiger partial charge in [-0.25, -0.2) is 23.1 Å². The van der Waals surface area contributed by atoms with E-state index in [0.29, 0.717) is 51.0 Å². The minimum absolute atomic E-state index is 0.0412. The second kappa shape index (κ2) is 9.17. The summed E-state index contributed by atoms with van der Waals surface area (Å²) >= 11 is 0. The fraction of sp³-hybridized carbons (Fsp3) is 0.684. The van der Waals surface area contributed by atoms with Crippen LogP contribution in [-0.4, -0.2) is 59.5 Å². The van der Waals surface area contributed by atoms with E-state index in [2.05, 4.69) is 14.7 Å². The molecule has 9 nitrogen and oxygen atoms in total. The van der Waals surface area contributed by atoms with Gasteiger partial charge in [0.2, 0.25) is 21.8 Å². The van der Waals surface area contributed by atoms with Gasteiger partial charge in [0.1, 0.15) is 6.10 Å². The van der Waals surface area contributed by atoms with E-state index in [4.69, 9.17) is 4.74 Å². The Balaban J connectivity index is 1.45. The number of ether oxygens (including phenoxy) is 1. The van der Waals surface area contributed by atoms with Crippen molar-refractivity contribution in [3.8, 4) is 6.01 Å². The maximum atomic E-state index is 12.4. The third kappa shape index (κ3) is 6.20. The molecule has 29 heavy (non-hydrogen) atoms. The van der Waals surface area contributed by atoms with Gasteiger partial charge >= 0.3 is 6.01 Å². The Kier molecular flexibility index (Phi) is 6.84. The summed E-state index contributed by atoms with van der Waals surface area (Å²) in [6.45, 7) is 3.69. The lowest BCUT2D eigenvalue weighted by Gasteiger charge is -2.29. The molecule has 160 valence electrons. The van der Waals surface area contributed by atoms with Crippen LogP contribution >= 0.6 is 0 Å². The number of sulfonamides is 1. The third-order valence-corrected chi connectivity index (χ3v) is 6.63. The van der Waals surface area contributed by atoms with E-state index in [1.807, 2.05) is 19.9 Å². The molecule has 0 unspecified atom stereocenters. The molecule has 2 fully saturated rings. The zero-order chi connectivity index (χ0) is 21.0. The number of likely N-dealkylation sites (tertiary alicyclic amines) is 1. The van der Waals surface area contributed by atoms with E-state index in [1.54, 1.807) is 0 Å². The average molecular weight is 425 g/mol. The largest absolute Gasteiger partial charge is 0.460 e. The molecule has 3 rings (SSSR count). The summed E-state index contributed by atoms with van der Waals surface area (Å²) in [6, 6.07) is 2.07. The Morgan fingerprint density at radius 1 is 1.07 bits per heavy atom. The van der Waals surface area contributed by atoms with E-state index in [9.17, 15) is 18.0 Å². The molecule has 0 radical (unpaired) electrons. The fourth-order valence-electron chi connectivity index (χ4n) is 3.77. The highest BCUT2D eigenvalue weighted by molar-refractivity contribution is 7.89. The van der Waals surface area contributed by atoms with Crippen LogP contribution in [0.1, 0.15) is 56.3 Å². The number of nitrogens with one attached hydrogen (secondary N) is 1. The number of carbonyl (C=O) groups excluding carboxylic acids is 2. The van der Waals surface area contributed by atoms with Crippen LogP contribution in [0.3, 0.4) is 0 Å². The standard InChI is InChI=1S/C19H28N4O5S/c1-13-12-14(2)21-19(20-13)28-16-8-6-15(7-9-16)22-29(26,27)11-10-23-17(24)4-3-5-18(23)25/h12,15-16,22H,3-11H2,1-2H3. The first-order chi connectivity index (χ1) is 13.7. The lowest BCUT2D eigenvalue weighted by Crippen LogP contribution is -2.46. The molecule has 1 saturated carbocycles. The summed E-state index contributed by atoms with van der Waals surface area (Å²) < 4.78 is 33.3. The zero-order valence-corrected chi connectivity index (χ0v) is 17.7. The summed E-state index contributed by atoms with van der Waals surface area (Å²) in [5, 5.41) is 0. The number of aryl methyl sites for hydroxylation is 2. The van der Waals surface area contributed by atoms with Crippen LogP contribution < -0.4 is 9.46 Å². The van der Waals surface area contributed by atoms with Crippen molar-refractivity contribution in [2.24, 2.45) is 0 Å². The van der Waals surface area contributed by atoms with Gasteiger partial charge < -0.3 is 4.74 Å². The van der Waals surface area contributed by atoms with Crippen molar-refractivity contribution < 1.29 is 22.7 Å². The van der Waals surface area contributed by atoms with Gasteiger partial charge in [0.05, 0.1) is 5.75 Å². The van der Waals surface area contributed by atoms with Gasteiger partial charge in [-0.3, -0.25) is 14.5 Å². The van der Waals surface area contributed by atoms with Crippen LogP contribution in [0.2, 0.25) is 0 Å². The van der Waals surface area contributed by atoms with Gasteiger partial charge in [-0.2, -0.15) is 0 Å². The molecule has 1 N–H and O–H groups in total. The SMILES string of the molecule is Cc1cc(C)nc(OC2CCC(NS(=O)(=O)CCN3C(=O)CCCC3=O)CC2)n1. The minimum Gasteiger partial charge on any atom is -0.460 e. The molecule has 2 amide bonds. The number of amides is 2. The van der Waals surface area contributed by atoms with Crippen LogP contribution in [0.15, 0.2) is 6.07 Å². The molecule has 0 bridgehead atoms. The highest BCUT2D eigenvalue weighted by Gasteiger charge is 2.29.